The van der Waals surface area contributed by atoms with Crippen molar-refractivity contribution in [2.24, 2.45) is 5.92 Å². The van der Waals surface area contributed by atoms with Crippen molar-refractivity contribution in [2.45, 2.75) is 27.2 Å². The molecule has 0 spiro atoms. The standard InChI is InChI=1S/C15H20O7S/c1-5-19-14(17)12(6-9(2)16)8-23-15(18)20-7-13-10(3)21-11(4)22-13/h12H,4-8H2,1-3H3/t12-/m0/s1. The van der Waals surface area contributed by atoms with Crippen molar-refractivity contribution in [2.75, 3.05) is 19.0 Å². The van der Waals surface area contributed by atoms with Gasteiger partial charge in [0.2, 0.25) is 0 Å². The summed E-state index contributed by atoms with van der Waals surface area (Å²) in [5.41, 5.74) is 0. The van der Waals surface area contributed by atoms with E-state index in [0.29, 0.717) is 11.5 Å². The van der Waals surface area contributed by atoms with Gasteiger partial charge >= 0.3 is 11.3 Å². The van der Waals surface area contributed by atoms with Gasteiger partial charge in [-0.15, -0.1) is 0 Å². The summed E-state index contributed by atoms with van der Waals surface area (Å²) in [5.74, 6) is -0.220. The van der Waals surface area contributed by atoms with Crippen LogP contribution in [0.3, 0.4) is 0 Å². The number of esters is 1. The monoisotopic (exact) mass is 344 g/mol. The predicted octanol–water partition coefficient (Wildman–Crippen LogP) is 2.76. The van der Waals surface area contributed by atoms with E-state index in [1.54, 1.807) is 13.8 Å². The second-order valence-electron chi connectivity index (χ2n) is 4.76. The van der Waals surface area contributed by atoms with Crippen LogP contribution < -0.4 is 0 Å². The Morgan fingerprint density at radius 3 is 2.48 bits per heavy atom. The van der Waals surface area contributed by atoms with Crippen LogP contribution in [0.2, 0.25) is 0 Å². The van der Waals surface area contributed by atoms with Gasteiger partial charge in [0.1, 0.15) is 11.5 Å². The SMILES string of the molecule is C=C1OC(C)=C(COC(=O)SC[C@H](CC(C)=O)C(=O)OCC)O1. The van der Waals surface area contributed by atoms with Crippen molar-refractivity contribution in [1.82, 2.24) is 0 Å². The number of allylic oxidation sites excluding steroid dienone is 1. The quantitative estimate of drug-likeness (QED) is 0.621. The van der Waals surface area contributed by atoms with Gasteiger partial charge in [-0.3, -0.25) is 4.79 Å². The van der Waals surface area contributed by atoms with Gasteiger partial charge < -0.3 is 23.7 Å². The van der Waals surface area contributed by atoms with E-state index in [-0.39, 0.29) is 37.1 Å². The smallest absolute Gasteiger partial charge is 0.367 e. The minimum absolute atomic E-state index is 0.0279. The number of carbonyl (C=O) groups is 3. The lowest BCUT2D eigenvalue weighted by atomic mass is 10.1. The van der Waals surface area contributed by atoms with Gasteiger partial charge in [-0.2, -0.15) is 0 Å². The molecule has 0 radical (unpaired) electrons. The van der Waals surface area contributed by atoms with E-state index in [9.17, 15) is 14.4 Å². The van der Waals surface area contributed by atoms with Crippen LogP contribution >= 0.6 is 11.8 Å². The minimum Gasteiger partial charge on any atom is -0.466 e. The van der Waals surface area contributed by atoms with Crippen LogP contribution in [0.4, 0.5) is 4.79 Å². The van der Waals surface area contributed by atoms with Crippen molar-refractivity contribution in [3.63, 3.8) is 0 Å². The molecule has 0 aromatic heterocycles. The highest BCUT2D eigenvalue weighted by Crippen LogP contribution is 2.24. The molecule has 0 aliphatic carbocycles. The van der Waals surface area contributed by atoms with Gasteiger partial charge in [-0.05, 0) is 39.1 Å². The second kappa shape index (κ2) is 9.24. The summed E-state index contributed by atoms with van der Waals surface area (Å²) in [6.07, 6.45) is 0.0279. The Kier molecular flexibility index (Phi) is 7.67. The lowest BCUT2D eigenvalue weighted by Gasteiger charge is -2.13. The molecule has 0 saturated heterocycles. The average molecular weight is 344 g/mol. The summed E-state index contributed by atoms with van der Waals surface area (Å²) in [6.45, 7) is 8.35. The molecule has 0 amide bonds. The summed E-state index contributed by atoms with van der Waals surface area (Å²) >= 11 is 0.811. The van der Waals surface area contributed by atoms with Gasteiger partial charge in [-0.1, -0.05) is 0 Å². The molecule has 7 nitrogen and oxygen atoms in total. The van der Waals surface area contributed by atoms with Crippen LogP contribution in [0.25, 0.3) is 0 Å². The highest BCUT2D eigenvalue weighted by molar-refractivity contribution is 8.13. The lowest BCUT2D eigenvalue weighted by molar-refractivity contribution is -0.148. The van der Waals surface area contributed by atoms with Gasteiger partial charge in [0.05, 0.1) is 12.5 Å². The van der Waals surface area contributed by atoms with E-state index >= 15 is 0 Å². The van der Waals surface area contributed by atoms with E-state index in [1.165, 1.54) is 6.92 Å². The third-order valence-electron chi connectivity index (χ3n) is 2.77. The summed E-state index contributed by atoms with van der Waals surface area (Å²) in [6, 6.07) is 0. The molecule has 0 unspecified atom stereocenters. The number of hydrogen-bond donors (Lipinski definition) is 0. The molecule has 1 rings (SSSR count). The third kappa shape index (κ3) is 6.77. The largest absolute Gasteiger partial charge is 0.466 e. The molecule has 0 fully saturated rings. The molecular weight excluding hydrogens is 324 g/mol. The average Bonchev–Trinajstić information content (AvgIpc) is 2.79. The van der Waals surface area contributed by atoms with E-state index in [0.717, 1.165) is 11.8 Å². The molecule has 8 heteroatoms. The van der Waals surface area contributed by atoms with Crippen LogP contribution in [-0.4, -0.2) is 36.0 Å². The Labute approximate surface area is 139 Å². The highest BCUT2D eigenvalue weighted by Gasteiger charge is 2.24. The number of thioether (sulfide) groups is 1. The minimum atomic E-state index is -0.670. The molecule has 0 aromatic rings. The van der Waals surface area contributed by atoms with E-state index < -0.39 is 17.2 Å². The first-order valence-corrected chi connectivity index (χ1v) is 8.02. The lowest BCUT2D eigenvalue weighted by Crippen LogP contribution is -2.23. The fourth-order valence-electron chi connectivity index (χ4n) is 1.74. The fourth-order valence-corrected chi connectivity index (χ4v) is 2.47. The van der Waals surface area contributed by atoms with Crippen molar-refractivity contribution in [1.29, 1.82) is 0 Å². The zero-order chi connectivity index (χ0) is 17.4. The van der Waals surface area contributed by atoms with E-state index in [1.807, 2.05) is 0 Å². The maximum Gasteiger partial charge on any atom is 0.367 e. The molecule has 1 atom stereocenters. The number of Topliss-reactive ketones (excluding diaryl/α,β-unsaturated/α-hetero) is 1. The normalized spacial score (nSPS) is 14.8. The summed E-state index contributed by atoms with van der Waals surface area (Å²) in [7, 11) is 0. The molecule has 1 heterocycles. The first-order chi connectivity index (χ1) is 10.8. The molecule has 23 heavy (non-hydrogen) atoms. The van der Waals surface area contributed by atoms with Gasteiger partial charge in [0.25, 0.3) is 5.95 Å². The van der Waals surface area contributed by atoms with Crippen molar-refractivity contribution in [3.8, 4) is 0 Å². The number of carbonyl (C=O) groups excluding carboxylic acids is 3. The van der Waals surface area contributed by atoms with E-state index in [4.69, 9.17) is 18.9 Å². The van der Waals surface area contributed by atoms with Gasteiger partial charge in [0.15, 0.2) is 12.4 Å². The molecule has 0 bridgehead atoms. The van der Waals surface area contributed by atoms with Crippen molar-refractivity contribution < 1.29 is 33.3 Å². The zero-order valence-corrected chi connectivity index (χ0v) is 14.2. The molecule has 0 aromatic carbocycles. The fraction of sp³-hybridized carbons (Fsp3) is 0.533. The number of rotatable bonds is 8. The molecule has 1 aliphatic rings. The van der Waals surface area contributed by atoms with Crippen LogP contribution in [0.5, 0.6) is 0 Å². The summed E-state index contributed by atoms with van der Waals surface area (Å²) < 4.78 is 20.1. The Morgan fingerprint density at radius 1 is 1.26 bits per heavy atom. The van der Waals surface area contributed by atoms with Crippen LogP contribution in [0.1, 0.15) is 27.2 Å². The Hall–Kier alpha value is -1.96. The van der Waals surface area contributed by atoms with Gasteiger partial charge in [0, 0.05) is 12.2 Å². The summed E-state index contributed by atoms with van der Waals surface area (Å²) in [4.78, 5) is 34.7. The maximum absolute atomic E-state index is 11.7. The Bertz CT molecular complexity index is 524. The number of ketones is 1. The third-order valence-corrected chi connectivity index (χ3v) is 3.70. The maximum atomic E-state index is 11.7. The molecular formula is C15H20O7S. The van der Waals surface area contributed by atoms with E-state index in [2.05, 4.69) is 6.58 Å². The molecule has 128 valence electrons. The topological polar surface area (TPSA) is 88.1 Å². The van der Waals surface area contributed by atoms with Crippen LogP contribution in [0.15, 0.2) is 24.0 Å². The molecule has 0 N–H and O–H groups in total. The van der Waals surface area contributed by atoms with Crippen molar-refractivity contribution >= 4 is 28.8 Å². The Balaban J connectivity index is 2.42. The molecule has 1 aliphatic heterocycles. The van der Waals surface area contributed by atoms with Crippen LogP contribution in [-0.2, 0) is 28.5 Å². The second-order valence-corrected chi connectivity index (χ2v) is 5.72. The van der Waals surface area contributed by atoms with Crippen LogP contribution in [0, 0.1) is 5.92 Å². The number of ether oxygens (including phenoxy) is 4. The molecule has 0 saturated carbocycles. The Morgan fingerprint density at radius 2 is 1.96 bits per heavy atom. The highest BCUT2D eigenvalue weighted by atomic mass is 32.2. The first kappa shape index (κ1) is 19.1. The first-order valence-electron chi connectivity index (χ1n) is 7.03. The number of hydrogen-bond acceptors (Lipinski definition) is 8. The predicted molar refractivity (Wildman–Crippen MR) is 83.2 cm³/mol. The summed E-state index contributed by atoms with van der Waals surface area (Å²) in [5, 5.41) is -0.579. The van der Waals surface area contributed by atoms with Gasteiger partial charge in [-0.25, -0.2) is 4.79 Å². The zero-order valence-electron chi connectivity index (χ0n) is 13.4. The van der Waals surface area contributed by atoms with Crippen molar-refractivity contribution in [3.05, 3.63) is 24.0 Å².